The Labute approximate surface area is 154 Å². The number of amides is 1. The topological polar surface area (TPSA) is 125 Å². The molecule has 0 saturated carbocycles. The van der Waals surface area contributed by atoms with Crippen molar-refractivity contribution in [2.75, 3.05) is 12.4 Å². The van der Waals surface area contributed by atoms with Gasteiger partial charge in [0.1, 0.15) is 0 Å². The van der Waals surface area contributed by atoms with E-state index < -0.39 is 34.6 Å². The molecule has 0 fully saturated rings. The zero-order valence-corrected chi connectivity index (χ0v) is 14.5. The number of ether oxygens (including phenoxy) is 2. The number of hydrogen-bond donors (Lipinski definition) is 1. The van der Waals surface area contributed by atoms with Crippen LogP contribution in [0.4, 0.5) is 11.4 Å². The lowest BCUT2D eigenvalue weighted by atomic mass is 10.1. The van der Waals surface area contributed by atoms with Crippen LogP contribution in [0.2, 0.25) is 0 Å². The van der Waals surface area contributed by atoms with E-state index in [1.807, 2.05) is 0 Å². The Hall–Kier alpha value is -3.75. The fourth-order valence-corrected chi connectivity index (χ4v) is 2.12. The Bertz CT molecular complexity index is 881. The smallest absolute Gasteiger partial charge is 0.339 e. The number of anilines is 1. The third-order valence-corrected chi connectivity index (χ3v) is 3.48. The van der Waals surface area contributed by atoms with Crippen LogP contribution in [0, 0.1) is 10.1 Å². The summed E-state index contributed by atoms with van der Waals surface area (Å²) in [6.45, 7) is 1.36. The molecule has 0 aliphatic carbocycles. The van der Waals surface area contributed by atoms with Crippen molar-refractivity contribution in [1.82, 2.24) is 0 Å². The lowest BCUT2D eigenvalue weighted by Gasteiger charge is -2.14. The lowest BCUT2D eigenvalue weighted by molar-refractivity contribution is -0.384. The van der Waals surface area contributed by atoms with Crippen molar-refractivity contribution in [3.05, 3.63) is 69.8 Å². The van der Waals surface area contributed by atoms with Crippen molar-refractivity contribution in [3.63, 3.8) is 0 Å². The molecule has 0 saturated heterocycles. The van der Waals surface area contributed by atoms with Gasteiger partial charge in [-0.1, -0.05) is 18.2 Å². The van der Waals surface area contributed by atoms with Gasteiger partial charge in [0, 0.05) is 17.8 Å². The highest BCUT2D eigenvalue weighted by Crippen LogP contribution is 2.19. The molecule has 0 spiro atoms. The molecule has 0 aliphatic heterocycles. The molecule has 1 atom stereocenters. The maximum Gasteiger partial charge on any atom is 0.339 e. The molecule has 140 valence electrons. The Morgan fingerprint density at radius 2 is 1.63 bits per heavy atom. The molecule has 27 heavy (non-hydrogen) atoms. The summed E-state index contributed by atoms with van der Waals surface area (Å²) >= 11 is 0. The summed E-state index contributed by atoms with van der Waals surface area (Å²) in [6, 6.07) is 11.6. The third kappa shape index (κ3) is 5.11. The second-order valence-electron chi connectivity index (χ2n) is 5.42. The predicted molar refractivity (Wildman–Crippen MR) is 94.4 cm³/mol. The monoisotopic (exact) mass is 372 g/mol. The van der Waals surface area contributed by atoms with Crippen molar-refractivity contribution in [2.24, 2.45) is 0 Å². The van der Waals surface area contributed by atoms with Crippen LogP contribution in [0.3, 0.4) is 0 Å². The number of benzene rings is 2. The number of carbonyl (C=O) groups excluding carboxylic acids is 3. The van der Waals surface area contributed by atoms with E-state index in [1.54, 1.807) is 30.3 Å². The van der Waals surface area contributed by atoms with Crippen LogP contribution in [-0.2, 0) is 14.3 Å². The maximum absolute atomic E-state index is 12.3. The molecule has 9 heteroatoms. The average Bonchev–Trinajstić information content (AvgIpc) is 2.67. The highest BCUT2D eigenvalue weighted by Gasteiger charge is 2.23. The van der Waals surface area contributed by atoms with E-state index in [-0.39, 0.29) is 11.1 Å². The molecule has 1 unspecified atom stereocenters. The van der Waals surface area contributed by atoms with E-state index in [1.165, 1.54) is 6.92 Å². The van der Waals surface area contributed by atoms with Crippen LogP contribution in [-0.4, -0.2) is 36.0 Å². The van der Waals surface area contributed by atoms with Crippen molar-refractivity contribution < 1.29 is 28.8 Å². The highest BCUT2D eigenvalue weighted by molar-refractivity contribution is 5.99. The normalized spacial score (nSPS) is 11.2. The number of hydrogen-bond acceptors (Lipinski definition) is 7. The Balaban J connectivity index is 2.16. The van der Waals surface area contributed by atoms with Gasteiger partial charge in [-0.2, -0.15) is 0 Å². The van der Waals surface area contributed by atoms with Gasteiger partial charge in [0.05, 0.1) is 23.2 Å². The number of nitro groups is 1. The van der Waals surface area contributed by atoms with E-state index in [9.17, 15) is 24.5 Å². The van der Waals surface area contributed by atoms with Gasteiger partial charge in [-0.05, 0) is 25.1 Å². The second kappa shape index (κ2) is 8.56. The van der Waals surface area contributed by atoms with Gasteiger partial charge in [0.25, 0.3) is 11.6 Å². The number of nitrogens with zero attached hydrogens (tertiary/aromatic N) is 1. The van der Waals surface area contributed by atoms with E-state index >= 15 is 0 Å². The first-order valence-electron chi connectivity index (χ1n) is 7.76. The van der Waals surface area contributed by atoms with Gasteiger partial charge < -0.3 is 14.8 Å². The molecule has 0 aliphatic rings. The lowest BCUT2D eigenvalue weighted by Crippen LogP contribution is -2.30. The summed E-state index contributed by atoms with van der Waals surface area (Å²) < 4.78 is 9.56. The SMILES string of the molecule is COC(=O)c1cc(C(=O)OC(C)C(=O)Nc2ccccc2)cc([N+](=O)[O-])c1. The molecular weight excluding hydrogens is 356 g/mol. The average molecular weight is 372 g/mol. The maximum atomic E-state index is 12.3. The first-order valence-corrected chi connectivity index (χ1v) is 7.76. The molecule has 0 radical (unpaired) electrons. The van der Waals surface area contributed by atoms with Crippen LogP contribution >= 0.6 is 0 Å². The van der Waals surface area contributed by atoms with Crippen molar-refractivity contribution in [2.45, 2.75) is 13.0 Å². The van der Waals surface area contributed by atoms with Crippen LogP contribution in [0.5, 0.6) is 0 Å². The summed E-state index contributed by atoms with van der Waals surface area (Å²) in [6.07, 6.45) is -1.17. The number of carbonyl (C=O) groups is 3. The van der Waals surface area contributed by atoms with Crippen LogP contribution in [0.25, 0.3) is 0 Å². The number of rotatable bonds is 6. The van der Waals surface area contributed by atoms with Gasteiger partial charge in [0.15, 0.2) is 6.10 Å². The number of nitrogens with one attached hydrogen (secondary N) is 1. The number of non-ortho nitro benzene ring substituents is 1. The molecule has 2 rings (SSSR count). The summed E-state index contributed by atoms with van der Waals surface area (Å²) in [4.78, 5) is 46.3. The van der Waals surface area contributed by atoms with Crippen LogP contribution < -0.4 is 5.32 Å². The fraction of sp³-hybridized carbons (Fsp3) is 0.167. The highest BCUT2D eigenvalue weighted by atomic mass is 16.6. The van der Waals surface area contributed by atoms with Gasteiger partial charge in [-0.3, -0.25) is 14.9 Å². The first-order chi connectivity index (χ1) is 12.8. The molecule has 1 N–H and O–H groups in total. The molecular formula is C18H16N2O7. The molecule has 0 bridgehead atoms. The van der Waals surface area contributed by atoms with E-state index in [0.717, 1.165) is 25.3 Å². The van der Waals surface area contributed by atoms with Crippen molar-refractivity contribution >= 4 is 29.2 Å². The molecule has 2 aromatic carbocycles. The van der Waals surface area contributed by atoms with E-state index in [4.69, 9.17) is 4.74 Å². The third-order valence-electron chi connectivity index (χ3n) is 3.48. The predicted octanol–water partition coefficient (Wildman–Crippen LogP) is 2.57. The van der Waals surface area contributed by atoms with E-state index in [0.29, 0.717) is 5.69 Å². The summed E-state index contributed by atoms with van der Waals surface area (Å²) in [5, 5.41) is 13.6. The summed E-state index contributed by atoms with van der Waals surface area (Å²) in [5.41, 5.74) is -0.385. The minimum atomic E-state index is -1.17. The van der Waals surface area contributed by atoms with Gasteiger partial charge in [0.2, 0.25) is 0 Å². The minimum Gasteiger partial charge on any atom is -0.465 e. The van der Waals surface area contributed by atoms with Crippen LogP contribution in [0.15, 0.2) is 48.5 Å². The van der Waals surface area contributed by atoms with Crippen LogP contribution in [0.1, 0.15) is 27.6 Å². The zero-order valence-electron chi connectivity index (χ0n) is 14.5. The largest absolute Gasteiger partial charge is 0.465 e. The molecule has 2 aromatic rings. The first kappa shape index (κ1) is 19.6. The van der Waals surface area contributed by atoms with Crippen molar-refractivity contribution in [3.8, 4) is 0 Å². The number of esters is 2. The van der Waals surface area contributed by atoms with Gasteiger partial charge in [-0.15, -0.1) is 0 Å². The number of nitro benzene ring substituents is 1. The quantitative estimate of drug-likeness (QED) is 0.469. The Kier molecular flexibility index (Phi) is 6.21. The number of para-hydroxylation sites is 1. The summed E-state index contributed by atoms with van der Waals surface area (Å²) in [7, 11) is 1.11. The second-order valence-corrected chi connectivity index (χ2v) is 5.42. The van der Waals surface area contributed by atoms with Gasteiger partial charge in [-0.25, -0.2) is 9.59 Å². The zero-order chi connectivity index (χ0) is 20.0. The molecule has 9 nitrogen and oxygen atoms in total. The Morgan fingerprint density at radius 1 is 1.04 bits per heavy atom. The Morgan fingerprint density at radius 3 is 2.19 bits per heavy atom. The minimum absolute atomic E-state index is 0.181. The van der Waals surface area contributed by atoms with E-state index in [2.05, 4.69) is 10.1 Å². The fourth-order valence-electron chi connectivity index (χ4n) is 2.12. The summed E-state index contributed by atoms with van der Waals surface area (Å²) in [5.74, 6) is -2.41. The molecule has 1 amide bonds. The van der Waals surface area contributed by atoms with Gasteiger partial charge >= 0.3 is 11.9 Å². The number of methoxy groups -OCH3 is 1. The van der Waals surface area contributed by atoms with Crippen molar-refractivity contribution in [1.29, 1.82) is 0 Å². The molecule has 0 heterocycles. The standard InChI is InChI=1S/C18H16N2O7/c1-11(16(21)19-14-6-4-3-5-7-14)27-18(23)13-8-12(17(22)26-2)9-15(10-13)20(24)25/h3-11H,1-2H3,(H,19,21). The molecule has 0 aromatic heterocycles.